The Morgan fingerprint density at radius 3 is 2.32 bits per heavy atom. The minimum absolute atomic E-state index is 0.106. The van der Waals surface area contributed by atoms with E-state index >= 15 is 0 Å². The van der Waals surface area contributed by atoms with Gasteiger partial charge in [0.1, 0.15) is 5.75 Å². The Hall–Kier alpha value is -1.76. The zero-order valence-corrected chi connectivity index (χ0v) is 13.7. The second-order valence-corrected chi connectivity index (χ2v) is 11.5. The van der Waals surface area contributed by atoms with Crippen LogP contribution in [0.2, 0.25) is 19.6 Å². The van der Waals surface area contributed by atoms with E-state index in [1.165, 1.54) is 0 Å². The maximum Gasteiger partial charge on any atom is 0.430 e. The van der Waals surface area contributed by atoms with Crippen molar-refractivity contribution in [3.63, 3.8) is 0 Å². The number of carboxylic acid groups (broad SMARTS) is 1. The van der Waals surface area contributed by atoms with Gasteiger partial charge in [-0.05, 0) is 18.6 Å². The molecular weight excluding hydrogens is 313 g/mol. The van der Waals surface area contributed by atoms with Gasteiger partial charge in [0.2, 0.25) is 6.10 Å². The number of carbonyl (C=O) groups is 1. The van der Waals surface area contributed by atoms with E-state index < -0.39 is 31.9 Å². The van der Waals surface area contributed by atoms with E-state index in [-0.39, 0.29) is 5.75 Å². The highest BCUT2D eigenvalue weighted by Gasteiger charge is 2.48. The fourth-order valence-corrected chi connectivity index (χ4v) is 3.58. The molecule has 1 aliphatic rings. The molecule has 0 radical (unpaired) electrons. The van der Waals surface area contributed by atoms with Crippen LogP contribution in [-0.2, 0) is 4.79 Å². The van der Waals surface area contributed by atoms with Crippen molar-refractivity contribution in [2.75, 3.05) is 0 Å². The van der Waals surface area contributed by atoms with Crippen LogP contribution >= 0.6 is 0 Å². The van der Waals surface area contributed by atoms with Crippen molar-refractivity contribution in [1.82, 2.24) is 0 Å². The van der Waals surface area contributed by atoms with Crippen molar-refractivity contribution in [3.05, 3.63) is 28.8 Å². The lowest BCUT2D eigenvalue weighted by molar-refractivity contribution is -0.187. The second kappa shape index (κ2) is 5.15. The summed E-state index contributed by atoms with van der Waals surface area (Å²) in [6.45, 7) is 8.00. The molecule has 1 unspecified atom stereocenters. The van der Waals surface area contributed by atoms with Crippen LogP contribution in [0.5, 0.6) is 5.75 Å². The standard InChI is InChI=1S/C15H17F3O3Si/c1-8-5-10(22(2,3)4)6-9-7-11(14(19)20)13(15(16,17)18)21-12(8)9/h5-7,13H,1-4H3,(H,19,20). The summed E-state index contributed by atoms with van der Waals surface area (Å²) in [6.07, 6.45) is -6.13. The lowest BCUT2D eigenvalue weighted by Crippen LogP contribution is -2.42. The zero-order chi connectivity index (χ0) is 16.9. The van der Waals surface area contributed by atoms with Gasteiger partial charge in [0.05, 0.1) is 13.6 Å². The van der Waals surface area contributed by atoms with Gasteiger partial charge in [-0.15, -0.1) is 0 Å². The van der Waals surface area contributed by atoms with Gasteiger partial charge in [0.15, 0.2) is 0 Å². The predicted molar refractivity (Wildman–Crippen MR) is 80.2 cm³/mol. The van der Waals surface area contributed by atoms with Crippen molar-refractivity contribution in [2.24, 2.45) is 0 Å². The SMILES string of the molecule is Cc1cc([Si](C)(C)C)cc2c1OC(C(F)(F)F)C(C(=O)O)=C2. The zero-order valence-electron chi connectivity index (χ0n) is 12.7. The maximum absolute atomic E-state index is 13.0. The van der Waals surface area contributed by atoms with Crippen LogP contribution < -0.4 is 9.92 Å². The molecule has 120 valence electrons. The summed E-state index contributed by atoms with van der Waals surface area (Å²) < 4.78 is 44.1. The first-order valence-corrected chi connectivity index (χ1v) is 10.2. The second-order valence-electron chi connectivity index (χ2n) is 6.41. The molecular formula is C15H17F3O3Si. The molecule has 0 aromatic heterocycles. The number of carboxylic acids is 1. The first-order valence-electron chi connectivity index (χ1n) is 6.74. The predicted octanol–water partition coefficient (Wildman–Crippen LogP) is 3.33. The smallest absolute Gasteiger partial charge is 0.430 e. The molecule has 0 bridgehead atoms. The Bertz CT molecular complexity index is 657. The van der Waals surface area contributed by atoms with Crippen molar-refractivity contribution >= 4 is 25.3 Å². The normalized spacial score (nSPS) is 18.3. The third kappa shape index (κ3) is 3.04. The molecule has 0 amide bonds. The fourth-order valence-electron chi connectivity index (χ4n) is 2.34. The van der Waals surface area contributed by atoms with Crippen LogP contribution in [0.25, 0.3) is 6.08 Å². The van der Waals surface area contributed by atoms with Gasteiger partial charge in [0, 0.05) is 5.56 Å². The Morgan fingerprint density at radius 2 is 1.86 bits per heavy atom. The average molecular weight is 330 g/mol. The monoisotopic (exact) mass is 330 g/mol. The number of fused-ring (bicyclic) bond motifs is 1. The Kier molecular flexibility index (Phi) is 3.89. The molecule has 0 aliphatic carbocycles. The van der Waals surface area contributed by atoms with Crippen LogP contribution in [0.15, 0.2) is 17.7 Å². The van der Waals surface area contributed by atoms with Crippen LogP contribution in [-0.4, -0.2) is 31.4 Å². The summed E-state index contributed by atoms with van der Waals surface area (Å²) in [7, 11) is -1.68. The third-order valence-corrected chi connectivity index (χ3v) is 5.56. The lowest BCUT2D eigenvalue weighted by atomic mass is 9.99. The topological polar surface area (TPSA) is 46.5 Å². The first-order chi connectivity index (χ1) is 9.91. The Labute approximate surface area is 127 Å². The molecule has 1 aliphatic heterocycles. The van der Waals surface area contributed by atoms with Crippen molar-refractivity contribution < 1.29 is 27.8 Å². The molecule has 3 nitrogen and oxygen atoms in total. The van der Waals surface area contributed by atoms with E-state index in [0.717, 1.165) is 11.3 Å². The summed E-state index contributed by atoms with van der Waals surface area (Å²) in [5, 5.41) is 10.1. The van der Waals surface area contributed by atoms with Crippen LogP contribution in [0.3, 0.4) is 0 Å². The minimum atomic E-state index is -4.77. The highest BCUT2D eigenvalue weighted by Crippen LogP contribution is 2.38. The molecule has 0 spiro atoms. The van der Waals surface area contributed by atoms with Crippen LogP contribution in [0.4, 0.5) is 13.2 Å². The lowest BCUT2D eigenvalue weighted by Gasteiger charge is -2.29. The molecule has 1 heterocycles. The first kappa shape index (κ1) is 16.6. The number of aliphatic carboxylic acids is 1. The molecule has 1 aromatic rings. The van der Waals surface area contributed by atoms with Gasteiger partial charge in [0.25, 0.3) is 0 Å². The summed E-state index contributed by atoms with van der Waals surface area (Å²) >= 11 is 0. The summed E-state index contributed by atoms with van der Waals surface area (Å²) in [5.41, 5.74) is 0.201. The van der Waals surface area contributed by atoms with Crippen molar-refractivity contribution in [2.45, 2.75) is 38.8 Å². The number of hydrogen-bond donors (Lipinski definition) is 1. The van der Waals surface area contributed by atoms with Crippen LogP contribution in [0.1, 0.15) is 11.1 Å². The number of halogens is 3. The Morgan fingerprint density at radius 1 is 1.27 bits per heavy atom. The minimum Gasteiger partial charge on any atom is -0.478 e. The number of rotatable bonds is 2. The molecule has 0 saturated heterocycles. The summed E-state index contributed by atoms with van der Waals surface area (Å²) in [4.78, 5) is 11.1. The average Bonchev–Trinajstić information content (AvgIpc) is 2.34. The highest BCUT2D eigenvalue weighted by atomic mass is 28.3. The van der Waals surface area contributed by atoms with E-state index in [4.69, 9.17) is 9.84 Å². The molecule has 0 fully saturated rings. The number of ether oxygens (including phenoxy) is 1. The Balaban J connectivity index is 2.64. The van der Waals surface area contributed by atoms with Crippen molar-refractivity contribution in [3.8, 4) is 5.75 Å². The van der Waals surface area contributed by atoms with E-state index in [2.05, 4.69) is 19.6 Å². The molecule has 1 aromatic carbocycles. The van der Waals surface area contributed by atoms with Gasteiger partial charge in [-0.3, -0.25) is 0 Å². The highest BCUT2D eigenvalue weighted by molar-refractivity contribution is 6.88. The van der Waals surface area contributed by atoms with Crippen molar-refractivity contribution in [1.29, 1.82) is 0 Å². The molecule has 0 saturated carbocycles. The molecule has 1 N–H and O–H groups in total. The van der Waals surface area contributed by atoms with Gasteiger partial charge < -0.3 is 9.84 Å². The van der Waals surface area contributed by atoms with E-state index in [1.807, 2.05) is 6.07 Å². The van der Waals surface area contributed by atoms with Crippen LogP contribution in [0, 0.1) is 6.92 Å². The largest absolute Gasteiger partial charge is 0.478 e. The van der Waals surface area contributed by atoms with Gasteiger partial charge >= 0.3 is 12.1 Å². The number of alkyl halides is 3. The maximum atomic E-state index is 13.0. The van der Waals surface area contributed by atoms with Gasteiger partial charge in [-0.2, -0.15) is 13.2 Å². The van der Waals surface area contributed by atoms with E-state index in [0.29, 0.717) is 11.1 Å². The quantitative estimate of drug-likeness (QED) is 0.846. The third-order valence-electron chi connectivity index (χ3n) is 3.54. The number of benzene rings is 1. The van der Waals surface area contributed by atoms with E-state index in [9.17, 15) is 18.0 Å². The summed E-state index contributed by atoms with van der Waals surface area (Å²) in [5.74, 6) is -1.52. The molecule has 7 heteroatoms. The van der Waals surface area contributed by atoms with E-state index in [1.54, 1.807) is 13.0 Å². The molecule has 2 rings (SSSR count). The fraction of sp³-hybridized carbons (Fsp3) is 0.400. The number of hydrogen-bond acceptors (Lipinski definition) is 2. The van der Waals surface area contributed by atoms with Gasteiger partial charge in [-0.25, -0.2) is 4.79 Å². The number of aryl methyl sites for hydroxylation is 1. The van der Waals surface area contributed by atoms with Gasteiger partial charge in [-0.1, -0.05) is 37.0 Å². The summed E-state index contributed by atoms with van der Waals surface area (Å²) in [6, 6.07) is 3.57. The molecule has 22 heavy (non-hydrogen) atoms. The molecule has 1 atom stereocenters.